The van der Waals surface area contributed by atoms with Gasteiger partial charge in [-0.1, -0.05) is 45.5 Å². The molecule has 290 valence electrons. The summed E-state index contributed by atoms with van der Waals surface area (Å²) in [6, 6.07) is 7.56. The summed E-state index contributed by atoms with van der Waals surface area (Å²) in [6.07, 6.45) is -11.8. The van der Waals surface area contributed by atoms with Crippen molar-refractivity contribution in [3.63, 3.8) is 0 Å². The lowest BCUT2D eigenvalue weighted by Crippen LogP contribution is -2.66. The Hall–Kier alpha value is -4.67. The van der Waals surface area contributed by atoms with Gasteiger partial charge in [0.25, 0.3) is 0 Å². The largest absolute Gasteiger partial charge is 0.459 e. The number of benzene rings is 1. The number of ketones is 1. The highest BCUT2D eigenvalue weighted by molar-refractivity contribution is 5.90. The number of hydrogen-bond donors (Lipinski definition) is 2. The average molecular weight is 747 g/mol. The van der Waals surface area contributed by atoms with Gasteiger partial charge in [0.2, 0.25) is 5.79 Å². The summed E-state index contributed by atoms with van der Waals surface area (Å²) in [5, 5.41) is 24.8. The molecule has 1 aromatic rings. The minimum absolute atomic E-state index is 0.0109. The molecule has 1 saturated carbocycles. The molecule has 11 atom stereocenters. The second-order valence-electron chi connectivity index (χ2n) is 14.6. The van der Waals surface area contributed by atoms with Gasteiger partial charge in [-0.2, -0.15) is 0 Å². The third-order valence-corrected chi connectivity index (χ3v) is 10.1. The van der Waals surface area contributed by atoms with Crippen LogP contribution in [-0.2, 0) is 61.9 Å². The van der Waals surface area contributed by atoms with Crippen molar-refractivity contribution >= 4 is 41.6 Å². The van der Waals surface area contributed by atoms with Gasteiger partial charge in [-0.15, -0.1) is 0 Å². The van der Waals surface area contributed by atoms with E-state index in [2.05, 4.69) is 6.58 Å². The molecule has 3 fully saturated rings. The van der Waals surface area contributed by atoms with E-state index in [1.165, 1.54) is 39.8 Å². The van der Waals surface area contributed by atoms with Gasteiger partial charge in [0.1, 0.15) is 23.9 Å². The van der Waals surface area contributed by atoms with E-state index < -0.39 is 124 Å². The van der Waals surface area contributed by atoms with Gasteiger partial charge in [-0.3, -0.25) is 28.8 Å². The zero-order chi connectivity index (χ0) is 40.0. The first-order valence-corrected chi connectivity index (χ1v) is 16.9. The van der Waals surface area contributed by atoms with Gasteiger partial charge in [0, 0.05) is 52.0 Å². The fraction of sp³-hybridized carbons (Fsp3) is 0.595. The zero-order valence-corrected chi connectivity index (χ0v) is 31.0. The number of ether oxygens (including phenoxy) is 7. The van der Waals surface area contributed by atoms with Crippen molar-refractivity contribution in [3.8, 4) is 0 Å². The number of aliphatic hydroxyl groups is 2. The zero-order valence-electron chi connectivity index (χ0n) is 31.0. The molecule has 2 aliphatic heterocycles. The van der Waals surface area contributed by atoms with Crippen LogP contribution in [0.4, 0.5) is 0 Å². The third kappa shape index (κ3) is 7.44. The van der Waals surface area contributed by atoms with E-state index in [0.29, 0.717) is 0 Å². The number of carbonyl (C=O) groups is 7. The van der Waals surface area contributed by atoms with Crippen LogP contribution in [0.15, 0.2) is 42.5 Å². The van der Waals surface area contributed by atoms with Gasteiger partial charge in [0.15, 0.2) is 29.7 Å². The molecule has 53 heavy (non-hydrogen) atoms. The van der Waals surface area contributed by atoms with Crippen molar-refractivity contribution in [2.24, 2.45) is 17.3 Å². The van der Waals surface area contributed by atoms with Gasteiger partial charge in [-0.05, 0) is 19.1 Å². The standard InChI is InChI=1S/C37H46O16/c1-17-27(47-19(3)38)25-30(49-21(5)40)35(10,45)16-36(25,52-23(7)42)37(46)18(2)26(43)31(53-37)34(8,9)32(50-22(6)41)29(28(17)48-20(4)39)51-33(44)24-14-12-11-13-15-24/h11-15,18,25,27-32,45-46H,1,16H2,2-10H3/t18-,25+,27+,28+,29-,30-,31+,32-,35-,36-,37-/m1/s1. The molecule has 2 N–H and O–H groups in total. The Morgan fingerprint density at radius 1 is 0.755 bits per heavy atom. The van der Waals surface area contributed by atoms with Crippen LogP contribution in [0, 0.1) is 17.3 Å². The number of fused-ring (bicyclic) bond motifs is 4. The summed E-state index contributed by atoms with van der Waals surface area (Å²) in [7, 11) is 0. The average Bonchev–Trinajstić information content (AvgIpc) is 3.41. The third-order valence-electron chi connectivity index (χ3n) is 10.1. The smallest absolute Gasteiger partial charge is 0.338 e. The molecule has 16 heteroatoms. The highest BCUT2D eigenvalue weighted by atomic mass is 16.7. The lowest BCUT2D eigenvalue weighted by Gasteiger charge is -2.48. The van der Waals surface area contributed by atoms with Gasteiger partial charge < -0.3 is 43.4 Å². The van der Waals surface area contributed by atoms with E-state index in [1.807, 2.05) is 0 Å². The maximum absolute atomic E-state index is 14.4. The summed E-state index contributed by atoms with van der Waals surface area (Å²) >= 11 is 0. The van der Waals surface area contributed by atoms with Crippen LogP contribution in [0.25, 0.3) is 0 Å². The Morgan fingerprint density at radius 2 is 1.26 bits per heavy atom. The quantitative estimate of drug-likeness (QED) is 0.231. The molecule has 0 unspecified atom stereocenters. The monoisotopic (exact) mass is 746 g/mol. The number of Topliss-reactive ketones (excluding diaryl/α,β-unsaturated/α-hetero) is 1. The van der Waals surface area contributed by atoms with Crippen LogP contribution < -0.4 is 0 Å². The molecule has 16 nitrogen and oxygen atoms in total. The van der Waals surface area contributed by atoms with Crippen LogP contribution in [0.2, 0.25) is 0 Å². The molecular weight excluding hydrogens is 700 g/mol. The Bertz CT molecular complexity index is 1680. The predicted octanol–water partition coefficient (Wildman–Crippen LogP) is 1.90. The minimum atomic E-state index is -2.89. The molecule has 3 aliphatic rings. The SMILES string of the molecule is C=C1[C@H](OC(C)=O)[C@@H](OC(=O)c2ccccc2)[C@@H](OC(C)=O)C(C)(C)[C@H]2O[C@](O)([C@H](C)C2=O)[C@@]2(OC(C)=O)C[C@@](C)(O)[C@H](OC(C)=O)[C@@H]2[C@H]1OC(C)=O. The van der Waals surface area contributed by atoms with E-state index >= 15 is 0 Å². The molecule has 2 saturated heterocycles. The van der Waals surface area contributed by atoms with Crippen LogP contribution in [0.1, 0.15) is 79.1 Å². The first-order valence-electron chi connectivity index (χ1n) is 16.9. The number of carbonyl (C=O) groups excluding carboxylic acids is 7. The highest BCUT2D eigenvalue weighted by Crippen LogP contribution is 2.60. The maximum Gasteiger partial charge on any atom is 0.338 e. The predicted molar refractivity (Wildman–Crippen MR) is 178 cm³/mol. The lowest BCUT2D eigenvalue weighted by molar-refractivity contribution is -0.334. The van der Waals surface area contributed by atoms with E-state index in [9.17, 15) is 43.8 Å². The fourth-order valence-electron chi connectivity index (χ4n) is 7.98. The first-order chi connectivity index (χ1) is 24.4. The van der Waals surface area contributed by atoms with E-state index in [-0.39, 0.29) is 5.56 Å². The maximum atomic E-state index is 14.4. The van der Waals surface area contributed by atoms with E-state index in [0.717, 1.165) is 34.6 Å². The molecule has 2 heterocycles. The van der Waals surface area contributed by atoms with Gasteiger partial charge in [0.05, 0.1) is 17.4 Å². The lowest BCUT2D eigenvalue weighted by atomic mass is 9.68. The molecule has 0 amide bonds. The molecule has 0 spiro atoms. The highest BCUT2D eigenvalue weighted by Gasteiger charge is 2.79. The summed E-state index contributed by atoms with van der Waals surface area (Å²) in [5.41, 5.74) is -7.00. The molecular formula is C37H46O16. The normalized spacial score (nSPS) is 36.2. The van der Waals surface area contributed by atoms with E-state index in [1.54, 1.807) is 18.2 Å². The van der Waals surface area contributed by atoms with Crippen LogP contribution in [-0.4, -0.2) is 105 Å². The van der Waals surface area contributed by atoms with Gasteiger partial charge >= 0.3 is 35.8 Å². The van der Waals surface area contributed by atoms with E-state index in [4.69, 9.17) is 33.2 Å². The van der Waals surface area contributed by atoms with Crippen molar-refractivity contribution in [2.75, 3.05) is 0 Å². The van der Waals surface area contributed by atoms with Crippen molar-refractivity contribution in [1.29, 1.82) is 0 Å². The Kier molecular flexibility index (Phi) is 11.3. The summed E-state index contributed by atoms with van der Waals surface area (Å²) in [4.78, 5) is 92.6. The topological polar surface area (TPSA) is 225 Å². The molecule has 4 rings (SSSR count). The number of rotatable bonds is 7. The number of hydrogen-bond acceptors (Lipinski definition) is 16. The van der Waals surface area contributed by atoms with Crippen molar-refractivity contribution in [1.82, 2.24) is 0 Å². The molecule has 1 aromatic carbocycles. The summed E-state index contributed by atoms with van der Waals surface area (Å²) < 4.78 is 41.3. The molecule has 1 aliphatic carbocycles. The Labute approximate surface area is 306 Å². The molecule has 2 bridgehead atoms. The molecule has 0 aromatic heterocycles. The van der Waals surface area contributed by atoms with Crippen molar-refractivity contribution in [3.05, 3.63) is 48.0 Å². The second-order valence-corrected chi connectivity index (χ2v) is 14.6. The summed E-state index contributed by atoms with van der Waals surface area (Å²) in [5.74, 6) is -13.1. The summed E-state index contributed by atoms with van der Waals surface area (Å²) in [6.45, 7) is 14.4. The van der Waals surface area contributed by atoms with Crippen molar-refractivity contribution in [2.45, 2.75) is 122 Å². The van der Waals surface area contributed by atoms with Crippen LogP contribution in [0.5, 0.6) is 0 Å². The first kappa shape index (κ1) is 41.1. The number of esters is 6. The van der Waals surface area contributed by atoms with Gasteiger partial charge in [-0.25, -0.2) is 4.79 Å². The Morgan fingerprint density at radius 3 is 1.77 bits per heavy atom. The second kappa shape index (κ2) is 14.6. The minimum Gasteiger partial charge on any atom is -0.459 e. The van der Waals surface area contributed by atoms with Crippen molar-refractivity contribution < 1.29 is 76.9 Å². The van der Waals surface area contributed by atoms with Crippen LogP contribution >= 0.6 is 0 Å². The molecule has 0 radical (unpaired) electrons. The Balaban J connectivity index is 2.19. The van der Waals surface area contributed by atoms with Crippen LogP contribution in [0.3, 0.4) is 0 Å². The fourth-order valence-corrected chi connectivity index (χ4v) is 7.98.